The molecule has 4 nitrogen and oxygen atoms in total. The van der Waals surface area contributed by atoms with E-state index in [1.165, 1.54) is 18.6 Å². The SMILES string of the molecule is CCOC(=O)CCN(C(=O)Cc1ccc(F)cc1)C1CCCCC1. The monoisotopic (exact) mass is 335 g/mol. The van der Waals surface area contributed by atoms with Crippen molar-refractivity contribution >= 4 is 11.9 Å². The summed E-state index contributed by atoms with van der Waals surface area (Å²) < 4.78 is 18.0. The van der Waals surface area contributed by atoms with Gasteiger partial charge >= 0.3 is 5.97 Å². The van der Waals surface area contributed by atoms with E-state index in [1.807, 2.05) is 4.90 Å². The normalized spacial score (nSPS) is 15.1. The standard InChI is InChI=1S/C19H26FNO3/c1-2-24-19(23)12-13-21(17-6-4-3-5-7-17)18(22)14-15-8-10-16(20)11-9-15/h8-11,17H,2-7,12-14H2,1H3. The minimum absolute atomic E-state index is 0.00203. The Morgan fingerprint density at radius 3 is 2.46 bits per heavy atom. The molecule has 0 saturated heterocycles. The van der Waals surface area contributed by atoms with Gasteiger partial charge in [-0.3, -0.25) is 9.59 Å². The van der Waals surface area contributed by atoms with Gasteiger partial charge in [-0.1, -0.05) is 31.4 Å². The van der Waals surface area contributed by atoms with Crippen molar-refractivity contribution < 1.29 is 18.7 Å². The molecule has 1 saturated carbocycles. The molecule has 0 unspecified atom stereocenters. The molecule has 0 heterocycles. The predicted molar refractivity (Wildman–Crippen MR) is 89.9 cm³/mol. The molecular weight excluding hydrogens is 309 g/mol. The molecular formula is C19H26FNO3. The Bertz CT molecular complexity index is 538. The summed E-state index contributed by atoms with van der Waals surface area (Å²) in [6.07, 6.45) is 5.86. The average Bonchev–Trinajstić information content (AvgIpc) is 2.58. The molecule has 1 aliphatic rings. The van der Waals surface area contributed by atoms with Crippen LogP contribution in [0.3, 0.4) is 0 Å². The second-order valence-electron chi connectivity index (χ2n) is 6.24. The van der Waals surface area contributed by atoms with Crippen LogP contribution in [0.1, 0.15) is 51.0 Å². The van der Waals surface area contributed by atoms with Gasteiger partial charge in [-0.25, -0.2) is 4.39 Å². The first-order valence-corrected chi connectivity index (χ1v) is 8.79. The van der Waals surface area contributed by atoms with E-state index in [2.05, 4.69) is 0 Å². The van der Waals surface area contributed by atoms with Gasteiger partial charge in [0.1, 0.15) is 5.82 Å². The summed E-state index contributed by atoms with van der Waals surface area (Å²) in [5, 5.41) is 0. The number of carbonyl (C=O) groups is 2. The highest BCUT2D eigenvalue weighted by molar-refractivity contribution is 5.80. The van der Waals surface area contributed by atoms with Gasteiger partial charge in [0.15, 0.2) is 0 Å². The molecule has 132 valence electrons. The van der Waals surface area contributed by atoms with Crippen molar-refractivity contribution in [2.75, 3.05) is 13.2 Å². The summed E-state index contributed by atoms with van der Waals surface area (Å²) in [5.74, 6) is -0.580. The number of ether oxygens (including phenoxy) is 1. The van der Waals surface area contributed by atoms with E-state index in [0.29, 0.717) is 13.2 Å². The van der Waals surface area contributed by atoms with Crippen LogP contribution in [0.25, 0.3) is 0 Å². The summed E-state index contributed by atoms with van der Waals surface area (Å²) in [6, 6.07) is 6.20. The van der Waals surface area contributed by atoms with Crippen molar-refractivity contribution in [3.63, 3.8) is 0 Å². The molecule has 1 aromatic carbocycles. The number of hydrogen-bond acceptors (Lipinski definition) is 3. The topological polar surface area (TPSA) is 46.6 Å². The maximum absolute atomic E-state index is 13.0. The number of nitrogens with zero attached hydrogens (tertiary/aromatic N) is 1. The Balaban J connectivity index is 2.00. The lowest BCUT2D eigenvalue weighted by Gasteiger charge is -2.34. The Hall–Kier alpha value is -1.91. The summed E-state index contributed by atoms with van der Waals surface area (Å²) in [7, 11) is 0. The molecule has 0 aliphatic heterocycles. The molecule has 1 fully saturated rings. The Morgan fingerprint density at radius 2 is 1.83 bits per heavy atom. The molecule has 0 aromatic heterocycles. The first-order valence-electron chi connectivity index (χ1n) is 8.79. The number of benzene rings is 1. The highest BCUT2D eigenvalue weighted by Gasteiger charge is 2.26. The van der Waals surface area contributed by atoms with Gasteiger partial charge in [-0.05, 0) is 37.5 Å². The number of hydrogen-bond donors (Lipinski definition) is 0. The second kappa shape index (κ2) is 9.40. The van der Waals surface area contributed by atoms with Gasteiger partial charge in [0.2, 0.25) is 5.91 Å². The molecule has 1 amide bonds. The van der Waals surface area contributed by atoms with Crippen molar-refractivity contribution in [1.29, 1.82) is 0 Å². The highest BCUT2D eigenvalue weighted by Crippen LogP contribution is 2.23. The van der Waals surface area contributed by atoms with Crippen LogP contribution < -0.4 is 0 Å². The quantitative estimate of drug-likeness (QED) is 0.717. The van der Waals surface area contributed by atoms with Crippen molar-refractivity contribution in [2.45, 2.75) is 57.9 Å². The van der Waals surface area contributed by atoms with Crippen LogP contribution in [0, 0.1) is 5.82 Å². The summed E-state index contributed by atoms with van der Waals surface area (Å²) in [6.45, 7) is 2.52. The largest absolute Gasteiger partial charge is 0.466 e. The van der Waals surface area contributed by atoms with Crippen molar-refractivity contribution in [2.24, 2.45) is 0 Å². The number of amides is 1. The smallest absolute Gasteiger partial charge is 0.307 e. The van der Waals surface area contributed by atoms with E-state index in [1.54, 1.807) is 19.1 Å². The average molecular weight is 335 g/mol. The van der Waals surface area contributed by atoms with Crippen molar-refractivity contribution in [3.8, 4) is 0 Å². The number of halogens is 1. The molecule has 0 N–H and O–H groups in total. The number of esters is 1. The fourth-order valence-electron chi connectivity index (χ4n) is 3.23. The Labute approximate surface area is 143 Å². The van der Waals surface area contributed by atoms with E-state index in [4.69, 9.17) is 4.74 Å². The van der Waals surface area contributed by atoms with Crippen LogP contribution in [-0.4, -0.2) is 36.0 Å². The van der Waals surface area contributed by atoms with Crippen LogP contribution in [0.5, 0.6) is 0 Å². The van der Waals surface area contributed by atoms with Gasteiger partial charge in [0.05, 0.1) is 19.4 Å². The maximum Gasteiger partial charge on any atom is 0.307 e. The molecule has 24 heavy (non-hydrogen) atoms. The first-order chi connectivity index (χ1) is 11.6. The summed E-state index contributed by atoms with van der Waals surface area (Å²) >= 11 is 0. The predicted octanol–water partition coefficient (Wildman–Crippen LogP) is 3.48. The lowest BCUT2D eigenvalue weighted by atomic mass is 9.93. The molecule has 5 heteroatoms. The second-order valence-corrected chi connectivity index (χ2v) is 6.24. The van der Waals surface area contributed by atoms with Crippen LogP contribution >= 0.6 is 0 Å². The molecule has 0 atom stereocenters. The molecule has 1 aromatic rings. The van der Waals surface area contributed by atoms with E-state index in [0.717, 1.165) is 31.2 Å². The third kappa shape index (κ3) is 5.62. The summed E-state index contributed by atoms with van der Waals surface area (Å²) in [4.78, 5) is 26.2. The van der Waals surface area contributed by atoms with E-state index < -0.39 is 0 Å². The molecule has 0 spiro atoms. The Kier molecular flexibility index (Phi) is 7.22. The lowest BCUT2D eigenvalue weighted by molar-refractivity contribution is -0.144. The molecule has 1 aliphatic carbocycles. The highest BCUT2D eigenvalue weighted by atomic mass is 19.1. The van der Waals surface area contributed by atoms with E-state index in [9.17, 15) is 14.0 Å². The van der Waals surface area contributed by atoms with Gasteiger partial charge in [-0.2, -0.15) is 0 Å². The van der Waals surface area contributed by atoms with Crippen LogP contribution in [0.15, 0.2) is 24.3 Å². The van der Waals surface area contributed by atoms with Crippen molar-refractivity contribution in [3.05, 3.63) is 35.6 Å². The van der Waals surface area contributed by atoms with Gasteiger partial charge < -0.3 is 9.64 Å². The fourth-order valence-corrected chi connectivity index (χ4v) is 3.23. The van der Waals surface area contributed by atoms with Crippen LogP contribution in [0.2, 0.25) is 0 Å². The first kappa shape index (κ1) is 18.4. The van der Waals surface area contributed by atoms with Gasteiger partial charge in [0.25, 0.3) is 0 Å². The third-order valence-electron chi connectivity index (χ3n) is 4.47. The fraction of sp³-hybridized carbons (Fsp3) is 0.579. The molecule has 0 radical (unpaired) electrons. The number of carbonyl (C=O) groups excluding carboxylic acids is 2. The van der Waals surface area contributed by atoms with E-state index in [-0.39, 0.29) is 36.6 Å². The minimum atomic E-state index is -0.308. The molecule has 2 rings (SSSR count). The minimum Gasteiger partial charge on any atom is -0.466 e. The van der Waals surface area contributed by atoms with Crippen molar-refractivity contribution in [1.82, 2.24) is 4.90 Å². The molecule has 0 bridgehead atoms. The Morgan fingerprint density at radius 1 is 1.17 bits per heavy atom. The van der Waals surface area contributed by atoms with E-state index >= 15 is 0 Å². The number of rotatable bonds is 7. The van der Waals surface area contributed by atoms with Crippen LogP contribution in [-0.2, 0) is 20.7 Å². The van der Waals surface area contributed by atoms with Crippen LogP contribution in [0.4, 0.5) is 4.39 Å². The van der Waals surface area contributed by atoms with Gasteiger partial charge in [0, 0.05) is 12.6 Å². The lowest BCUT2D eigenvalue weighted by Crippen LogP contribution is -2.43. The zero-order valence-electron chi connectivity index (χ0n) is 14.3. The zero-order chi connectivity index (χ0) is 17.4. The zero-order valence-corrected chi connectivity index (χ0v) is 14.3. The third-order valence-corrected chi connectivity index (χ3v) is 4.47. The maximum atomic E-state index is 13.0. The van der Waals surface area contributed by atoms with Gasteiger partial charge in [-0.15, -0.1) is 0 Å². The summed E-state index contributed by atoms with van der Waals surface area (Å²) in [5.41, 5.74) is 0.790.